The lowest BCUT2D eigenvalue weighted by molar-refractivity contribution is -0.126. The number of piperidine rings is 1. The van der Waals surface area contributed by atoms with Crippen molar-refractivity contribution in [1.29, 1.82) is 0 Å². The summed E-state index contributed by atoms with van der Waals surface area (Å²) in [5.74, 6) is 0.609. The number of carbonyl (C=O) groups is 2. The van der Waals surface area contributed by atoms with E-state index >= 15 is 0 Å². The van der Waals surface area contributed by atoms with Gasteiger partial charge in [-0.25, -0.2) is 14.8 Å². The van der Waals surface area contributed by atoms with Gasteiger partial charge in [0.15, 0.2) is 0 Å². The number of aromatic nitrogens is 2. The Morgan fingerprint density at radius 1 is 1.08 bits per heavy atom. The van der Waals surface area contributed by atoms with Crippen LogP contribution >= 0.6 is 0 Å². The van der Waals surface area contributed by atoms with Crippen LogP contribution in [0.1, 0.15) is 25.7 Å². The van der Waals surface area contributed by atoms with Gasteiger partial charge >= 0.3 is 6.03 Å². The van der Waals surface area contributed by atoms with Crippen LogP contribution < -0.4 is 16.0 Å². The Kier molecular flexibility index (Phi) is 5.45. The fourth-order valence-corrected chi connectivity index (χ4v) is 2.73. The summed E-state index contributed by atoms with van der Waals surface area (Å²) in [6, 6.07) is 2.15. The second kappa shape index (κ2) is 7.94. The zero-order valence-electron chi connectivity index (χ0n) is 13.7. The maximum atomic E-state index is 12.2. The van der Waals surface area contributed by atoms with E-state index in [9.17, 15) is 9.59 Å². The normalized spacial score (nSPS) is 18.1. The minimum Gasteiger partial charge on any atom is -0.354 e. The minimum absolute atomic E-state index is 0.0112. The Labute approximate surface area is 141 Å². The van der Waals surface area contributed by atoms with Crippen LogP contribution in [0.5, 0.6) is 0 Å². The third-order valence-corrected chi connectivity index (χ3v) is 4.33. The summed E-state index contributed by atoms with van der Waals surface area (Å²) < 4.78 is 0. The number of likely N-dealkylation sites (tertiary alicyclic amines) is 1. The number of anilines is 1. The average molecular weight is 332 g/mol. The van der Waals surface area contributed by atoms with Gasteiger partial charge in [0.25, 0.3) is 0 Å². The van der Waals surface area contributed by atoms with Crippen molar-refractivity contribution in [3.8, 4) is 0 Å². The van der Waals surface area contributed by atoms with E-state index in [0.717, 1.165) is 25.7 Å². The molecule has 1 saturated heterocycles. The maximum Gasteiger partial charge on any atom is 0.317 e. The molecule has 0 atom stereocenters. The van der Waals surface area contributed by atoms with Crippen LogP contribution in [0.3, 0.4) is 0 Å². The quantitative estimate of drug-likeness (QED) is 0.662. The van der Waals surface area contributed by atoms with Crippen LogP contribution in [0, 0.1) is 5.92 Å². The van der Waals surface area contributed by atoms with Gasteiger partial charge in [0.1, 0.15) is 0 Å². The van der Waals surface area contributed by atoms with Crippen LogP contribution in [0.15, 0.2) is 18.5 Å². The summed E-state index contributed by atoms with van der Waals surface area (Å²) in [5, 5.41) is 8.98. The minimum atomic E-state index is -0.0112. The molecule has 3 rings (SSSR count). The van der Waals surface area contributed by atoms with E-state index in [1.807, 2.05) is 4.90 Å². The Balaban J connectivity index is 1.31. The number of nitrogens with one attached hydrogen (secondary N) is 3. The third-order valence-electron chi connectivity index (χ3n) is 4.33. The first-order valence-electron chi connectivity index (χ1n) is 8.56. The number of amides is 3. The predicted molar refractivity (Wildman–Crippen MR) is 89.4 cm³/mol. The molecule has 0 bridgehead atoms. The summed E-state index contributed by atoms with van der Waals surface area (Å²) >= 11 is 0. The lowest BCUT2D eigenvalue weighted by Crippen LogP contribution is -2.47. The Bertz CT molecular complexity index is 555. The van der Waals surface area contributed by atoms with Gasteiger partial charge in [0.05, 0.1) is 0 Å². The monoisotopic (exact) mass is 332 g/mol. The van der Waals surface area contributed by atoms with Gasteiger partial charge in [0, 0.05) is 50.5 Å². The molecule has 1 aromatic heterocycles. The Hall–Kier alpha value is -2.38. The number of carbonyl (C=O) groups excluding carboxylic acids is 2. The highest BCUT2D eigenvalue weighted by Crippen LogP contribution is 2.21. The van der Waals surface area contributed by atoms with E-state index in [4.69, 9.17) is 0 Å². The van der Waals surface area contributed by atoms with Gasteiger partial charge in [-0.1, -0.05) is 0 Å². The first kappa shape index (κ1) is 16.5. The molecule has 0 spiro atoms. The molecule has 24 heavy (non-hydrogen) atoms. The predicted octanol–water partition coefficient (Wildman–Crippen LogP) is 0.589. The molecule has 0 unspecified atom stereocenters. The standard InChI is InChI=1S/C16H24N6O2/c23-14(17-8-9-20-15-18-6-1-7-19-15)12-4-10-22(11-5-12)16(24)21-13-2-3-13/h1,6-7,12-13H,2-5,8-11H2,(H,17,23)(H,21,24)(H,18,19,20). The molecule has 1 aliphatic carbocycles. The number of rotatable bonds is 6. The van der Waals surface area contributed by atoms with Crippen LogP contribution in [0.4, 0.5) is 10.7 Å². The number of nitrogens with zero attached hydrogens (tertiary/aromatic N) is 3. The Morgan fingerprint density at radius 3 is 2.46 bits per heavy atom. The second-order valence-electron chi connectivity index (χ2n) is 6.28. The highest BCUT2D eigenvalue weighted by molar-refractivity contribution is 5.79. The van der Waals surface area contributed by atoms with Gasteiger partial charge < -0.3 is 20.9 Å². The number of urea groups is 1. The second-order valence-corrected chi connectivity index (χ2v) is 6.28. The van der Waals surface area contributed by atoms with Crippen molar-refractivity contribution in [2.45, 2.75) is 31.7 Å². The smallest absolute Gasteiger partial charge is 0.317 e. The Morgan fingerprint density at radius 2 is 1.79 bits per heavy atom. The maximum absolute atomic E-state index is 12.2. The molecule has 0 aromatic carbocycles. The lowest BCUT2D eigenvalue weighted by Gasteiger charge is -2.31. The van der Waals surface area contributed by atoms with Crippen LogP contribution in [-0.2, 0) is 4.79 Å². The van der Waals surface area contributed by atoms with Gasteiger partial charge in [0.2, 0.25) is 11.9 Å². The van der Waals surface area contributed by atoms with E-state index in [1.54, 1.807) is 18.5 Å². The molecule has 1 saturated carbocycles. The SMILES string of the molecule is O=C(NCCNc1ncccn1)C1CCN(C(=O)NC2CC2)CC1. The molecular weight excluding hydrogens is 308 g/mol. The topological polar surface area (TPSA) is 99.2 Å². The van der Waals surface area contributed by atoms with Crippen molar-refractivity contribution >= 4 is 17.9 Å². The van der Waals surface area contributed by atoms with Crippen molar-refractivity contribution < 1.29 is 9.59 Å². The summed E-state index contributed by atoms with van der Waals surface area (Å²) in [6.45, 7) is 2.40. The van der Waals surface area contributed by atoms with Gasteiger partial charge in [-0.3, -0.25) is 4.79 Å². The molecular formula is C16H24N6O2. The highest BCUT2D eigenvalue weighted by atomic mass is 16.2. The summed E-state index contributed by atoms with van der Waals surface area (Å²) in [5.41, 5.74) is 0. The van der Waals surface area contributed by atoms with E-state index in [1.165, 1.54) is 0 Å². The molecule has 3 N–H and O–H groups in total. The number of hydrogen-bond donors (Lipinski definition) is 3. The molecule has 2 heterocycles. The van der Waals surface area contributed by atoms with Crippen molar-refractivity contribution in [2.75, 3.05) is 31.5 Å². The fourth-order valence-electron chi connectivity index (χ4n) is 2.73. The van der Waals surface area contributed by atoms with E-state index in [2.05, 4.69) is 25.9 Å². The molecule has 130 valence electrons. The molecule has 0 radical (unpaired) electrons. The van der Waals surface area contributed by atoms with Crippen LogP contribution in [0.2, 0.25) is 0 Å². The third kappa shape index (κ3) is 4.81. The van der Waals surface area contributed by atoms with E-state index in [-0.39, 0.29) is 17.9 Å². The van der Waals surface area contributed by atoms with Crippen molar-refractivity contribution in [3.63, 3.8) is 0 Å². The molecule has 3 amide bonds. The molecule has 1 aromatic rings. The fraction of sp³-hybridized carbons (Fsp3) is 0.625. The lowest BCUT2D eigenvalue weighted by atomic mass is 9.96. The van der Waals surface area contributed by atoms with Crippen molar-refractivity contribution in [3.05, 3.63) is 18.5 Å². The molecule has 2 fully saturated rings. The van der Waals surface area contributed by atoms with Gasteiger partial charge in [-0.15, -0.1) is 0 Å². The zero-order chi connectivity index (χ0) is 16.8. The van der Waals surface area contributed by atoms with Crippen LogP contribution in [-0.4, -0.2) is 59.0 Å². The van der Waals surface area contributed by atoms with E-state index in [0.29, 0.717) is 38.2 Å². The first-order chi connectivity index (χ1) is 11.7. The largest absolute Gasteiger partial charge is 0.354 e. The van der Waals surface area contributed by atoms with Gasteiger partial charge in [-0.2, -0.15) is 0 Å². The molecule has 8 nitrogen and oxygen atoms in total. The van der Waals surface area contributed by atoms with E-state index < -0.39 is 0 Å². The van der Waals surface area contributed by atoms with Crippen LogP contribution in [0.25, 0.3) is 0 Å². The molecule has 2 aliphatic rings. The average Bonchev–Trinajstić information content (AvgIpc) is 3.43. The molecule has 1 aliphatic heterocycles. The highest BCUT2D eigenvalue weighted by Gasteiger charge is 2.30. The zero-order valence-corrected chi connectivity index (χ0v) is 13.7. The van der Waals surface area contributed by atoms with Crippen molar-refractivity contribution in [1.82, 2.24) is 25.5 Å². The summed E-state index contributed by atoms with van der Waals surface area (Å²) in [6.07, 6.45) is 6.96. The molecule has 8 heteroatoms. The first-order valence-corrected chi connectivity index (χ1v) is 8.56. The summed E-state index contributed by atoms with van der Waals surface area (Å²) in [4.78, 5) is 34.1. The van der Waals surface area contributed by atoms with Gasteiger partial charge in [-0.05, 0) is 31.7 Å². The van der Waals surface area contributed by atoms with Crippen molar-refractivity contribution in [2.24, 2.45) is 5.92 Å². The number of hydrogen-bond acceptors (Lipinski definition) is 5. The summed E-state index contributed by atoms with van der Waals surface area (Å²) in [7, 11) is 0.